The van der Waals surface area contributed by atoms with Gasteiger partial charge < -0.3 is 15.2 Å². The molecule has 1 aromatic carbocycles. The second kappa shape index (κ2) is 7.25. The van der Waals surface area contributed by atoms with Crippen LogP contribution < -0.4 is 5.32 Å². The van der Waals surface area contributed by atoms with Gasteiger partial charge in [-0.15, -0.1) is 0 Å². The highest BCUT2D eigenvalue weighted by Crippen LogP contribution is 2.12. The van der Waals surface area contributed by atoms with Crippen LogP contribution in [0.3, 0.4) is 0 Å². The van der Waals surface area contributed by atoms with Crippen molar-refractivity contribution in [1.29, 1.82) is 0 Å². The fraction of sp³-hybridized carbons (Fsp3) is 0.444. The first kappa shape index (κ1) is 16.8. The van der Waals surface area contributed by atoms with Gasteiger partial charge in [-0.25, -0.2) is 4.98 Å². The number of nitrogens with zero attached hydrogens (tertiary/aromatic N) is 2. The Hall–Kier alpha value is -2.02. The monoisotopic (exact) mass is 329 g/mol. The number of pyridine rings is 1. The van der Waals surface area contributed by atoms with E-state index in [1.54, 1.807) is 13.0 Å². The van der Waals surface area contributed by atoms with Crippen molar-refractivity contribution in [2.45, 2.75) is 12.5 Å². The van der Waals surface area contributed by atoms with Gasteiger partial charge in [0.15, 0.2) is 0 Å². The van der Waals surface area contributed by atoms with Crippen molar-refractivity contribution in [3.8, 4) is 0 Å². The number of aliphatic hydroxyl groups is 1. The molecule has 1 aliphatic heterocycles. The molecule has 1 aliphatic rings. The largest absolute Gasteiger partial charge is 0.387 e. The average Bonchev–Trinajstić information content (AvgIpc) is 2.60. The van der Waals surface area contributed by atoms with Gasteiger partial charge in [-0.1, -0.05) is 24.3 Å². The molecule has 1 saturated heterocycles. The molecule has 1 atom stereocenters. The van der Waals surface area contributed by atoms with Gasteiger partial charge in [-0.2, -0.15) is 0 Å². The van der Waals surface area contributed by atoms with Crippen molar-refractivity contribution in [3.63, 3.8) is 0 Å². The standard InChI is InChI=1S/C18H23N3O3/c1-18(23,13-21-8-10-24-11-9-21)12-19-17(22)16-7-6-14-4-2-3-5-15(14)20-16/h2-7,23H,8-13H2,1H3,(H,19,22)/t18-/m0/s1. The normalized spacial score (nSPS) is 18.2. The Morgan fingerprint density at radius 2 is 2.04 bits per heavy atom. The van der Waals surface area contributed by atoms with Gasteiger partial charge in [0, 0.05) is 31.6 Å². The molecule has 6 nitrogen and oxygen atoms in total. The summed E-state index contributed by atoms with van der Waals surface area (Å²) in [4.78, 5) is 18.8. The molecular formula is C18H23N3O3. The number of β-amino-alcohol motifs (C(OH)–C–C–N with tert-alkyl or cyclic N) is 1. The van der Waals surface area contributed by atoms with Crippen molar-refractivity contribution in [2.75, 3.05) is 39.4 Å². The number of para-hydroxylation sites is 1. The lowest BCUT2D eigenvalue weighted by Gasteiger charge is -2.33. The molecule has 2 heterocycles. The van der Waals surface area contributed by atoms with E-state index in [0.717, 1.165) is 24.0 Å². The number of fused-ring (bicyclic) bond motifs is 1. The van der Waals surface area contributed by atoms with E-state index >= 15 is 0 Å². The molecule has 0 spiro atoms. The molecular weight excluding hydrogens is 306 g/mol. The zero-order valence-electron chi connectivity index (χ0n) is 13.9. The molecule has 1 aromatic heterocycles. The molecule has 0 radical (unpaired) electrons. The first-order valence-corrected chi connectivity index (χ1v) is 8.20. The van der Waals surface area contributed by atoms with Crippen molar-refractivity contribution >= 4 is 16.8 Å². The van der Waals surface area contributed by atoms with Gasteiger partial charge in [0.05, 0.1) is 24.3 Å². The lowest BCUT2D eigenvalue weighted by molar-refractivity contribution is -0.0213. The van der Waals surface area contributed by atoms with Crippen molar-refractivity contribution in [3.05, 3.63) is 42.1 Å². The Kier molecular flexibility index (Phi) is 5.08. The minimum Gasteiger partial charge on any atom is -0.387 e. The summed E-state index contributed by atoms with van der Waals surface area (Å²) in [6.45, 7) is 5.38. The van der Waals surface area contributed by atoms with E-state index in [1.165, 1.54) is 0 Å². The second-order valence-corrected chi connectivity index (χ2v) is 6.46. The van der Waals surface area contributed by atoms with E-state index in [0.29, 0.717) is 25.5 Å². The summed E-state index contributed by atoms with van der Waals surface area (Å²) < 4.78 is 5.30. The van der Waals surface area contributed by atoms with Crippen LogP contribution in [0.1, 0.15) is 17.4 Å². The Balaban J connectivity index is 1.58. The highest BCUT2D eigenvalue weighted by molar-refractivity contribution is 5.94. The van der Waals surface area contributed by atoms with Crippen LogP contribution in [-0.2, 0) is 4.74 Å². The molecule has 3 rings (SSSR count). The molecule has 1 amide bonds. The first-order valence-electron chi connectivity index (χ1n) is 8.20. The lowest BCUT2D eigenvalue weighted by atomic mass is 10.1. The van der Waals surface area contributed by atoms with Crippen LogP contribution >= 0.6 is 0 Å². The van der Waals surface area contributed by atoms with Crippen LogP contribution in [0.5, 0.6) is 0 Å². The molecule has 0 unspecified atom stereocenters. The third-order valence-corrected chi connectivity index (χ3v) is 4.13. The maximum Gasteiger partial charge on any atom is 0.270 e. The Bertz CT molecular complexity index is 711. The minimum atomic E-state index is -0.996. The number of morpholine rings is 1. The van der Waals surface area contributed by atoms with Crippen LogP contribution in [-0.4, -0.2) is 65.9 Å². The molecule has 0 saturated carbocycles. The van der Waals surface area contributed by atoms with E-state index in [9.17, 15) is 9.90 Å². The predicted molar refractivity (Wildman–Crippen MR) is 92.0 cm³/mol. The van der Waals surface area contributed by atoms with E-state index < -0.39 is 5.60 Å². The summed E-state index contributed by atoms with van der Waals surface area (Å²) in [7, 11) is 0. The molecule has 1 fully saturated rings. The SMILES string of the molecule is C[C@](O)(CNC(=O)c1ccc2ccccc2n1)CN1CCOCC1. The average molecular weight is 329 g/mol. The Morgan fingerprint density at radius 3 is 2.83 bits per heavy atom. The highest BCUT2D eigenvalue weighted by atomic mass is 16.5. The summed E-state index contributed by atoms with van der Waals surface area (Å²) >= 11 is 0. The summed E-state index contributed by atoms with van der Waals surface area (Å²) in [6.07, 6.45) is 0. The number of carbonyl (C=O) groups excluding carboxylic acids is 1. The number of hydrogen-bond acceptors (Lipinski definition) is 5. The quantitative estimate of drug-likeness (QED) is 0.858. The van der Waals surface area contributed by atoms with Crippen molar-refractivity contribution < 1.29 is 14.6 Å². The van der Waals surface area contributed by atoms with Gasteiger partial charge in [-0.3, -0.25) is 9.69 Å². The molecule has 2 aromatic rings. The first-order chi connectivity index (χ1) is 11.5. The third-order valence-electron chi connectivity index (χ3n) is 4.13. The zero-order chi connectivity index (χ0) is 17.0. The fourth-order valence-corrected chi connectivity index (χ4v) is 2.85. The number of carbonyl (C=O) groups is 1. The number of benzene rings is 1. The number of ether oxygens (including phenoxy) is 1. The van der Waals surface area contributed by atoms with E-state index in [4.69, 9.17) is 4.74 Å². The number of amides is 1. The molecule has 2 N–H and O–H groups in total. The number of aromatic nitrogens is 1. The number of rotatable bonds is 5. The van der Waals surface area contributed by atoms with E-state index in [-0.39, 0.29) is 12.5 Å². The Labute approximate surface area is 141 Å². The lowest BCUT2D eigenvalue weighted by Crippen LogP contribution is -2.51. The van der Waals surface area contributed by atoms with Crippen molar-refractivity contribution in [2.24, 2.45) is 0 Å². The smallest absolute Gasteiger partial charge is 0.270 e. The van der Waals surface area contributed by atoms with Crippen LogP contribution in [0.25, 0.3) is 10.9 Å². The van der Waals surface area contributed by atoms with E-state index in [2.05, 4.69) is 15.2 Å². The maximum absolute atomic E-state index is 12.3. The fourth-order valence-electron chi connectivity index (χ4n) is 2.85. The predicted octanol–water partition coefficient (Wildman–Crippen LogP) is 1.05. The van der Waals surface area contributed by atoms with Gasteiger partial charge >= 0.3 is 0 Å². The summed E-state index contributed by atoms with van der Waals surface area (Å²) in [6, 6.07) is 11.2. The van der Waals surface area contributed by atoms with Gasteiger partial charge in [0.2, 0.25) is 0 Å². The van der Waals surface area contributed by atoms with Gasteiger partial charge in [0.25, 0.3) is 5.91 Å². The second-order valence-electron chi connectivity index (χ2n) is 6.46. The Morgan fingerprint density at radius 1 is 1.29 bits per heavy atom. The third kappa shape index (κ3) is 4.29. The minimum absolute atomic E-state index is 0.178. The molecule has 128 valence electrons. The molecule has 0 aliphatic carbocycles. The number of nitrogens with one attached hydrogen (secondary N) is 1. The summed E-state index contributed by atoms with van der Waals surface area (Å²) in [5.41, 5.74) is 0.144. The summed E-state index contributed by atoms with van der Waals surface area (Å²) in [5.74, 6) is -0.275. The van der Waals surface area contributed by atoms with Crippen LogP contribution in [0.4, 0.5) is 0 Å². The molecule has 24 heavy (non-hydrogen) atoms. The van der Waals surface area contributed by atoms with Crippen LogP contribution in [0.15, 0.2) is 36.4 Å². The summed E-state index contributed by atoms with van der Waals surface area (Å²) in [5, 5.41) is 14.3. The van der Waals surface area contributed by atoms with E-state index in [1.807, 2.05) is 30.3 Å². The number of hydrogen-bond donors (Lipinski definition) is 2. The maximum atomic E-state index is 12.3. The van der Waals surface area contributed by atoms with Crippen LogP contribution in [0.2, 0.25) is 0 Å². The topological polar surface area (TPSA) is 74.7 Å². The van der Waals surface area contributed by atoms with Gasteiger partial charge in [0.1, 0.15) is 5.69 Å². The molecule has 0 bridgehead atoms. The highest BCUT2D eigenvalue weighted by Gasteiger charge is 2.26. The molecule has 6 heteroatoms. The van der Waals surface area contributed by atoms with Gasteiger partial charge in [-0.05, 0) is 19.1 Å². The zero-order valence-corrected chi connectivity index (χ0v) is 13.9. The van der Waals surface area contributed by atoms with Crippen LogP contribution in [0, 0.1) is 0 Å². The van der Waals surface area contributed by atoms with Crippen molar-refractivity contribution in [1.82, 2.24) is 15.2 Å².